The largest absolute Gasteiger partial charge is 0.295 e. The molecule has 130 valence electrons. The van der Waals surface area contributed by atoms with Crippen molar-refractivity contribution in [3.8, 4) is 0 Å². The first-order chi connectivity index (χ1) is 10.9. The van der Waals surface area contributed by atoms with Gasteiger partial charge in [-0.15, -0.1) is 0 Å². The van der Waals surface area contributed by atoms with Gasteiger partial charge in [0, 0.05) is 30.6 Å². The summed E-state index contributed by atoms with van der Waals surface area (Å²) in [5.74, 6) is 0.249. The van der Waals surface area contributed by atoms with Crippen LogP contribution in [0.1, 0.15) is 72.6 Å². The molecule has 0 saturated heterocycles. The van der Waals surface area contributed by atoms with Crippen LogP contribution in [0.4, 0.5) is 0 Å². The van der Waals surface area contributed by atoms with E-state index in [-0.39, 0.29) is 5.78 Å². The van der Waals surface area contributed by atoms with Crippen LogP contribution >= 0.6 is 0 Å². The first kappa shape index (κ1) is 19.9. The molecule has 0 radical (unpaired) electrons. The summed E-state index contributed by atoms with van der Waals surface area (Å²) < 4.78 is 0. The van der Waals surface area contributed by atoms with Gasteiger partial charge in [0.15, 0.2) is 5.78 Å². The summed E-state index contributed by atoms with van der Waals surface area (Å²) in [5, 5.41) is 0. The van der Waals surface area contributed by atoms with Crippen molar-refractivity contribution < 1.29 is 4.79 Å². The second kappa shape index (κ2) is 9.87. The van der Waals surface area contributed by atoms with E-state index < -0.39 is 0 Å². The minimum absolute atomic E-state index is 0.249. The van der Waals surface area contributed by atoms with Gasteiger partial charge in [-0.2, -0.15) is 0 Å². The Bertz CT molecular complexity index is 454. The molecule has 1 atom stereocenters. The maximum atomic E-state index is 12.4. The van der Waals surface area contributed by atoms with E-state index in [0.29, 0.717) is 18.5 Å². The van der Waals surface area contributed by atoms with Crippen LogP contribution in [0.2, 0.25) is 0 Å². The zero-order valence-electron chi connectivity index (χ0n) is 15.7. The zero-order valence-corrected chi connectivity index (χ0v) is 15.7. The normalized spacial score (nSPS) is 17.5. The third-order valence-corrected chi connectivity index (χ3v) is 5.01. The van der Waals surface area contributed by atoms with Crippen molar-refractivity contribution in [2.45, 2.75) is 84.7 Å². The van der Waals surface area contributed by atoms with Crippen LogP contribution in [0.5, 0.6) is 0 Å². The molecule has 0 heterocycles. The molecule has 0 aromatic rings. The molecular formula is C21H35NO. The third kappa shape index (κ3) is 5.76. The Hall–Kier alpha value is -1.15. The summed E-state index contributed by atoms with van der Waals surface area (Å²) >= 11 is 0. The van der Waals surface area contributed by atoms with Gasteiger partial charge >= 0.3 is 0 Å². The highest BCUT2D eigenvalue weighted by Crippen LogP contribution is 2.29. The number of carbonyl (C=O) groups is 1. The number of ketones is 1. The highest BCUT2D eigenvalue weighted by Gasteiger charge is 2.29. The Labute approximate surface area is 143 Å². The molecule has 23 heavy (non-hydrogen) atoms. The molecule has 0 spiro atoms. The summed E-state index contributed by atoms with van der Waals surface area (Å²) in [4.78, 5) is 15.0. The number of nitrogens with zero attached hydrogens (tertiary/aromatic N) is 1. The summed E-state index contributed by atoms with van der Waals surface area (Å²) in [6.45, 7) is 17.4. The zero-order chi connectivity index (χ0) is 17.4. The fourth-order valence-electron chi connectivity index (χ4n) is 3.58. The monoisotopic (exact) mass is 317 g/mol. The number of hydrogen-bond acceptors (Lipinski definition) is 2. The van der Waals surface area contributed by atoms with E-state index >= 15 is 0 Å². The van der Waals surface area contributed by atoms with E-state index in [9.17, 15) is 4.79 Å². The van der Waals surface area contributed by atoms with Crippen LogP contribution in [0.3, 0.4) is 0 Å². The Morgan fingerprint density at radius 1 is 1.17 bits per heavy atom. The Kier molecular flexibility index (Phi) is 8.54. The molecule has 0 aliphatic heterocycles. The highest BCUT2D eigenvalue weighted by atomic mass is 16.1. The molecular weight excluding hydrogens is 282 g/mol. The van der Waals surface area contributed by atoms with Gasteiger partial charge in [0.2, 0.25) is 0 Å². The van der Waals surface area contributed by atoms with Crippen LogP contribution in [-0.4, -0.2) is 29.3 Å². The van der Waals surface area contributed by atoms with E-state index in [1.165, 1.54) is 31.3 Å². The predicted molar refractivity (Wildman–Crippen MR) is 101 cm³/mol. The van der Waals surface area contributed by atoms with Crippen molar-refractivity contribution in [1.29, 1.82) is 0 Å². The minimum Gasteiger partial charge on any atom is -0.295 e. The molecule has 1 fully saturated rings. The average Bonchev–Trinajstić information content (AvgIpc) is 3.06. The number of hydrogen-bond donors (Lipinski definition) is 0. The van der Waals surface area contributed by atoms with Crippen LogP contribution in [0.25, 0.3) is 0 Å². The van der Waals surface area contributed by atoms with Crippen molar-refractivity contribution in [3.05, 3.63) is 36.0 Å². The van der Waals surface area contributed by atoms with E-state index in [0.717, 1.165) is 30.5 Å². The standard InChI is InChI=1S/C21H35NO/c1-7-17(6)14-18(21(23)9-3)15-22(19-12-10-11-13-19)20(8-2)16(4)5/h14,19-20H,4,6-13,15H2,1-3,5H3/b18-14-. The van der Waals surface area contributed by atoms with Crippen LogP contribution in [0, 0.1) is 0 Å². The lowest BCUT2D eigenvalue weighted by Crippen LogP contribution is -2.44. The maximum Gasteiger partial charge on any atom is 0.159 e. The molecule has 1 aliphatic carbocycles. The van der Waals surface area contributed by atoms with E-state index in [2.05, 4.69) is 38.8 Å². The van der Waals surface area contributed by atoms with E-state index in [4.69, 9.17) is 0 Å². The summed E-state index contributed by atoms with van der Waals surface area (Å²) in [5.41, 5.74) is 3.17. The SMILES string of the molecule is C=C(/C=C(/CN(C1CCCC1)C(CC)C(=C)C)C(=O)CC)CC. The van der Waals surface area contributed by atoms with Crippen LogP contribution < -0.4 is 0 Å². The summed E-state index contributed by atoms with van der Waals surface area (Å²) in [7, 11) is 0. The van der Waals surface area contributed by atoms with Gasteiger partial charge in [-0.25, -0.2) is 0 Å². The van der Waals surface area contributed by atoms with Crippen molar-refractivity contribution in [2.24, 2.45) is 0 Å². The quantitative estimate of drug-likeness (QED) is 0.303. The fraction of sp³-hybridized carbons (Fsp3) is 0.667. The lowest BCUT2D eigenvalue weighted by Gasteiger charge is -2.37. The second-order valence-electron chi connectivity index (χ2n) is 6.84. The molecule has 1 rings (SSSR count). The van der Waals surface area contributed by atoms with Gasteiger partial charge in [-0.1, -0.05) is 64.0 Å². The van der Waals surface area contributed by atoms with Gasteiger partial charge in [0.1, 0.15) is 0 Å². The molecule has 2 nitrogen and oxygen atoms in total. The molecule has 1 saturated carbocycles. The summed E-state index contributed by atoms with van der Waals surface area (Å²) in [6, 6.07) is 0.945. The predicted octanol–water partition coefficient (Wildman–Crippen LogP) is 5.46. The number of Topliss-reactive ketones (excluding diaryl/α,β-unsaturated/α-hetero) is 1. The number of carbonyl (C=O) groups excluding carboxylic acids is 1. The van der Waals surface area contributed by atoms with Crippen molar-refractivity contribution in [1.82, 2.24) is 4.90 Å². The van der Waals surface area contributed by atoms with Crippen LogP contribution in [0.15, 0.2) is 36.0 Å². The van der Waals surface area contributed by atoms with E-state index in [1.54, 1.807) is 0 Å². The van der Waals surface area contributed by atoms with Gasteiger partial charge < -0.3 is 0 Å². The van der Waals surface area contributed by atoms with Gasteiger partial charge in [0.25, 0.3) is 0 Å². The number of rotatable bonds is 10. The lowest BCUT2D eigenvalue weighted by atomic mass is 9.98. The molecule has 0 aromatic carbocycles. The average molecular weight is 318 g/mol. The van der Waals surface area contributed by atoms with Crippen molar-refractivity contribution in [2.75, 3.05) is 6.54 Å². The molecule has 0 bridgehead atoms. The van der Waals surface area contributed by atoms with Gasteiger partial charge in [-0.3, -0.25) is 9.69 Å². The van der Waals surface area contributed by atoms with Crippen LogP contribution in [-0.2, 0) is 4.79 Å². The third-order valence-electron chi connectivity index (χ3n) is 5.01. The molecule has 0 amide bonds. The van der Waals surface area contributed by atoms with Crippen molar-refractivity contribution >= 4 is 5.78 Å². The Balaban J connectivity index is 3.08. The lowest BCUT2D eigenvalue weighted by molar-refractivity contribution is -0.115. The van der Waals surface area contributed by atoms with Crippen molar-refractivity contribution in [3.63, 3.8) is 0 Å². The Morgan fingerprint density at radius 2 is 1.78 bits per heavy atom. The maximum absolute atomic E-state index is 12.4. The van der Waals surface area contributed by atoms with E-state index in [1.807, 2.05) is 13.0 Å². The molecule has 1 unspecified atom stereocenters. The Morgan fingerprint density at radius 3 is 2.22 bits per heavy atom. The topological polar surface area (TPSA) is 20.3 Å². The van der Waals surface area contributed by atoms with Gasteiger partial charge in [-0.05, 0) is 32.6 Å². The second-order valence-corrected chi connectivity index (χ2v) is 6.84. The molecule has 2 heteroatoms. The number of allylic oxidation sites excluding steroid dienone is 2. The molecule has 0 aromatic heterocycles. The first-order valence-electron chi connectivity index (χ1n) is 9.27. The fourth-order valence-corrected chi connectivity index (χ4v) is 3.58. The highest BCUT2D eigenvalue weighted by molar-refractivity contribution is 5.96. The minimum atomic E-state index is 0.249. The molecule has 1 aliphatic rings. The smallest absolute Gasteiger partial charge is 0.159 e. The first-order valence-corrected chi connectivity index (χ1v) is 9.27. The summed E-state index contributed by atoms with van der Waals surface area (Å²) in [6.07, 6.45) is 9.62. The van der Waals surface area contributed by atoms with Gasteiger partial charge in [0.05, 0.1) is 0 Å². The molecule has 0 N–H and O–H groups in total.